The van der Waals surface area contributed by atoms with Gasteiger partial charge in [-0.1, -0.05) is 140 Å². The maximum absolute atomic E-state index is 6.72. The van der Waals surface area contributed by atoms with Crippen LogP contribution in [0, 0.1) is 0 Å². The number of fused-ring (bicyclic) bond motifs is 7. The zero-order valence-corrected chi connectivity index (χ0v) is 26.3. The summed E-state index contributed by atoms with van der Waals surface area (Å²) in [6.07, 6.45) is 0. The van der Waals surface area contributed by atoms with E-state index < -0.39 is 0 Å². The van der Waals surface area contributed by atoms with Crippen molar-refractivity contribution in [1.82, 2.24) is 15.0 Å². The Balaban J connectivity index is 1.25. The largest absolute Gasteiger partial charge is 0.455 e. The van der Waals surface area contributed by atoms with Crippen molar-refractivity contribution in [1.29, 1.82) is 0 Å². The number of furan rings is 1. The fourth-order valence-electron chi connectivity index (χ4n) is 7.17. The average Bonchev–Trinajstić information content (AvgIpc) is 3.57. The molecule has 0 amide bonds. The van der Waals surface area contributed by atoms with Gasteiger partial charge in [0.15, 0.2) is 17.5 Å². The van der Waals surface area contributed by atoms with E-state index in [0.29, 0.717) is 17.5 Å². The number of hydrogen-bond donors (Lipinski definition) is 0. The third-order valence-electron chi connectivity index (χ3n) is 9.52. The van der Waals surface area contributed by atoms with Crippen LogP contribution < -0.4 is 0 Å². The van der Waals surface area contributed by atoms with Crippen molar-refractivity contribution >= 4 is 54.3 Å². The van der Waals surface area contributed by atoms with E-state index in [0.717, 1.165) is 60.5 Å². The van der Waals surface area contributed by atoms with Crippen LogP contribution >= 0.6 is 0 Å². The van der Waals surface area contributed by atoms with Crippen molar-refractivity contribution in [3.05, 3.63) is 164 Å². The predicted molar refractivity (Wildman–Crippen MR) is 201 cm³/mol. The minimum absolute atomic E-state index is 0.601. The molecule has 0 bridgehead atoms. The lowest BCUT2D eigenvalue weighted by atomic mass is 9.94. The number of hydrogen-bond acceptors (Lipinski definition) is 4. The van der Waals surface area contributed by atoms with Gasteiger partial charge in [-0.15, -0.1) is 0 Å². The first-order valence-electron chi connectivity index (χ1n) is 16.4. The van der Waals surface area contributed by atoms with E-state index in [1.54, 1.807) is 0 Å². The summed E-state index contributed by atoms with van der Waals surface area (Å²) < 4.78 is 6.72. The second kappa shape index (κ2) is 11.0. The lowest BCUT2D eigenvalue weighted by molar-refractivity contribution is 0.670. The van der Waals surface area contributed by atoms with Gasteiger partial charge in [0.25, 0.3) is 0 Å². The van der Waals surface area contributed by atoms with Gasteiger partial charge < -0.3 is 4.42 Å². The van der Waals surface area contributed by atoms with Crippen molar-refractivity contribution in [2.75, 3.05) is 0 Å². The highest BCUT2D eigenvalue weighted by Gasteiger charge is 2.21. The van der Waals surface area contributed by atoms with Crippen molar-refractivity contribution in [2.45, 2.75) is 0 Å². The molecule has 8 aromatic carbocycles. The van der Waals surface area contributed by atoms with E-state index in [-0.39, 0.29) is 0 Å². The summed E-state index contributed by atoms with van der Waals surface area (Å²) in [7, 11) is 0. The second-order valence-electron chi connectivity index (χ2n) is 12.4. The number of nitrogens with zero attached hydrogens (tertiary/aromatic N) is 3. The van der Waals surface area contributed by atoms with Gasteiger partial charge in [-0.25, -0.2) is 15.0 Å². The lowest BCUT2D eigenvalue weighted by Gasteiger charge is -2.12. The molecular weight excluding hydrogens is 599 g/mol. The molecular formula is C45H27N3O. The number of rotatable bonds is 4. The first-order chi connectivity index (χ1) is 24.3. The van der Waals surface area contributed by atoms with Crippen molar-refractivity contribution in [2.24, 2.45) is 0 Å². The molecule has 0 fully saturated rings. The van der Waals surface area contributed by atoms with Gasteiger partial charge in [0.1, 0.15) is 11.2 Å². The summed E-state index contributed by atoms with van der Waals surface area (Å²) >= 11 is 0. The third-order valence-corrected chi connectivity index (χ3v) is 9.52. The standard InChI is InChI=1S/C45H27N3O/c1-2-13-31(14-3-1)43-46-44(36-19-10-15-28-11-4-6-16-33(28)36)48-45(47-43)38-26-25-35(42-41(38)37-18-8-9-20-40(37)49-42)32-24-23-30-22-21-29-12-5-7-17-34(29)39(30)27-32/h1-27H. The Morgan fingerprint density at radius 3 is 1.78 bits per heavy atom. The quantitative estimate of drug-likeness (QED) is 0.183. The zero-order valence-electron chi connectivity index (χ0n) is 26.3. The molecule has 0 spiro atoms. The van der Waals surface area contributed by atoms with E-state index in [4.69, 9.17) is 19.4 Å². The van der Waals surface area contributed by atoms with Gasteiger partial charge in [-0.05, 0) is 62.1 Å². The SMILES string of the molecule is c1ccc(-c2nc(-c3cccc4ccccc34)nc(-c3ccc(-c4ccc5ccc6ccccc6c5c4)c4oc5ccccc5c34)n2)cc1. The highest BCUT2D eigenvalue weighted by Crippen LogP contribution is 2.42. The van der Waals surface area contributed by atoms with E-state index in [2.05, 4.69) is 121 Å². The van der Waals surface area contributed by atoms with Crippen LogP contribution in [0.1, 0.15) is 0 Å². The Morgan fingerprint density at radius 2 is 0.939 bits per heavy atom. The predicted octanol–water partition coefficient (Wildman–Crippen LogP) is 11.9. The molecule has 4 nitrogen and oxygen atoms in total. The highest BCUT2D eigenvalue weighted by atomic mass is 16.3. The summed E-state index contributed by atoms with van der Waals surface area (Å²) in [5.74, 6) is 1.86. The smallest absolute Gasteiger partial charge is 0.164 e. The molecule has 49 heavy (non-hydrogen) atoms. The minimum Gasteiger partial charge on any atom is -0.455 e. The summed E-state index contributed by atoms with van der Waals surface area (Å²) in [6, 6.07) is 56.9. The summed E-state index contributed by atoms with van der Waals surface area (Å²) in [6.45, 7) is 0. The van der Waals surface area contributed by atoms with E-state index in [1.807, 2.05) is 42.5 Å². The zero-order chi connectivity index (χ0) is 32.3. The van der Waals surface area contributed by atoms with Crippen LogP contribution in [0.5, 0.6) is 0 Å². The second-order valence-corrected chi connectivity index (χ2v) is 12.4. The van der Waals surface area contributed by atoms with Crippen molar-refractivity contribution in [3.8, 4) is 45.3 Å². The summed E-state index contributed by atoms with van der Waals surface area (Å²) in [5, 5.41) is 9.13. The molecule has 228 valence electrons. The van der Waals surface area contributed by atoms with Crippen LogP contribution in [-0.4, -0.2) is 15.0 Å². The molecule has 0 radical (unpaired) electrons. The Kier molecular flexibility index (Phi) is 6.15. The number of para-hydroxylation sites is 1. The lowest BCUT2D eigenvalue weighted by Crippen LogP contribution is -2.01. The van der Waals surface area contributed by atoms with Gasteiger partial charge in [-0.3, -0.25) is 0 Å². The molecule has 0 aliphatic heterocycles. The van der Waals surface area contributed by atoms with E-state index >= 15 is 0 Å². The van der Waals surface area contributed by atoms with Crippen LogP contribution in [0.2, 0.25) is 0 Å². The normalized spacial score (nSPS) is 11.7. The number of aromatic nitrogens is 3. The molecule has 2 aromatic heterocycles. The van der Waals surface area contributed by atoms with Crippen LogP contribution in [0.3, 0.4) is 0 Å². The van der Waals surface area contributed by atoms with Gasteiger partial charge in [0.2, 0.25) is 0 Å². The molecule has 10 aromatic rings. The van der Waals surface area contributed by atoms with E-state index in [1.165, 1.54) is 21.5 Å². The Labute approximate surface area is 282 Å². The molecule has 0 unspecified atom stereocenters. The monoisotopic (exact) mass is 625 g/mol. The first kappa shape index (κ1) is 27.5. The fraction of sp³-hybridized carbons (Fsp3) is 0. The van der Waals surface area contributed by atoms with Crippen LogP contribution in [0.4, 0.5) is 0 Å². The Hall–Kier alpha value is -6.65. The van der Waals surface area contributed by atoms with Crippen molar-refractivity contribution in [3.63, 3.8) is 0 Å². The minimum atomic E-state index is 0.601. The average molecular weight is 626 g/mol. The maximum atomic E-state index is 6.72. The summed E-state index contributed by atoms with van der Waals surface area (Å²) in [5.41, 5.74) is 6.55. The molecule has 0 saturated carbocycles. The highest BCUT2D eigenvalue weighted by molar-refractivity contribution is 6.17. The van der Waals surface area contributed by atoms with Gasteiger partial charge in [0, 0.05) is 33.0 Å². The van der Waals surface area contributed by atoms with Gasteiger partial charge in [-0.2, -0.15) is 0 Å². The molecule has 0 aliphatic rings. The Morgan fingerprint density at radius 1 is 0.347 bits per heavy atom. The van der Waals surface area contributed by atoms with Gasteiger partial charge in [0.05, 0.1) is 0 Å². The molecule has 2 heterocycles. The summed E-state index contributed by atoms with van der Waals surface area (Å²) in [4.78, 5) is 15.4. The van der Waals surface area contributed by atoms with E-state index in [9.17, 15) is 0 Å². The Bertz CT molecular complexity index is 2890. The van der Waals surface area contributed by atoms with Crippen LogP contribution in [0.15, 0.2) is 168 Å². The maximum Gasteiger partial charge on any atom is 0.164 e. The molecule has 0 atom stereocenters. The molecule has 0 aliphatic carbocycles. The molecule has 0 N–H and O–H groups in total. The molecule has 0 saturated heterocycles. The van der Waals surface area contributed by atoms with Gasteiger partial charge >= 0.3 is 0 Å². The van der Waals surface area contributed by atoms with Crippen molar-refractivity contribution < 1.29 is 4.42 Å². The number of benzene rings is 8. The first-order valence-corrected chi connectivity index (χ1v) is 16.4. The van der Waals surface area contributed by atoms with Crippen LogP contribution in [0.25, 0.3) is 99.5 Å². The third kappa shape index (κ3) is 4.49. The van der Waals surface area contributed by atoms with Crippen LogP contribution in [-0.2, 0) is 0 Å². The topological polar surface area (TPSA) is 51.8 Å². The molecule has 10 rings (SSSR count). The molecule has 4 heteroatoms. The fourth-order valence-corrected chi connectivity index (χ4v) is 7.17.